The minimum Gasteiger partial charge on any atom is -0.392 e. The van der Waals surface area contributed by atoms with Crippen molar-refractivity contribution in [1.29, 1.82) is 0 Å². The minimum atomic E-state index is -0.0394. The number of carbonyl (C=O) groups is 2. The third kappa shape index (κ3) is 2.86. The molecule has 2 fully saturated rings. The number of nitrogens with zero attached hydrogens (tertiary/aromatic N) is 2. The Balaban J connectivity index is 1.61. The van der Waals surface area contributed by atoms with Crippen LogP contribution in [0.5, 0.6) is 0 Å². The summed E-state index contributed by atoms with van der Waals surface area (Å²) >= 11 is 0. The summed E-state index contributed by atoms with van der Waals surface area (Å²) in [6, 6.07) is 7.52. The van der Waals surface area contributed by atoms with Crippen molar-refractivity contribution in [3.8, 4) is 0 Å². The van der Waals surface area contributed by atoms with Gasteiger partial charge in [-0.2, -0.15) is 0 Å². The predicted molar refractivity (Wildman–Crippen MR) is 81.9 cm³/mol. The van der Waals surface area contributed by atoms with Gasteiger partial charge in [0.15, 0.2) is 0 Å². The molecule has 0 saturated carbocycles. The maximum Gasteiger partial charge on any atom is 0.227 e. The van der Waals surface area contributed by atoms with E-state index in [-0.39, 0.29) is 18.4 Å². The Hall–Kier alpha value is -1.88. The topological polar surface area (TPSA) is 60.9 Å². The minimum absolute atomic E-state index is 0.0394. The molecule has 1 aromatic carbocycles. The van der Waals surface area contributed by atoms with Crippen LogP contribution in [0.25, 0.3) is 0 Å². The van der Waals surface area contributed by atoms with Gasteiger partial charge in [0, 0.05) is 44.9 Å². The fraction of sp³-hybridized carbons (Fsp3) is 0.529. The maximum atomic E-state index is 12.5. The van der Waals surface area contributed by atoms with Crippen LogP contribution in [0.15, 0.2) is 24.3 Å². The van der Waals surface area contributed by atoms with Crippen LogP contribution in [0.3, 0.4) is 0 Å². The highest BCUT2D eigenvalue weighted by molar-refractivity contribution is 5.79. The number of amides is 2. The van der Waals surface area contributed by atoms with Crippen molar-refractivity contribution in [3.05, 3.63) is 35.4 Å². The van der Waals surface area contributed by atoms with Gasteiger partial charge >= 0.3 is 0 Å². The van der Waals surface area contributed by atoms with Gasteiger partial charge in [0.1, 0.15) is 0 Å². The Morgan fingerprint density at radius 2 is 1.59 bits per heavy atom. The molecular weight excluding hydrogens is 280 g/mol. The Morgan fingerprint density at radius 1 is 1.05 bits per heavy atom. The van der Waals surface area contributed by atoms with Crippen LogP contribution in [0.4, 0.5) is 0 Å². The number of rotatable bonds is 3. The van der Waals surface area contributed by atoms with Gasteiger partial charge in [-0.1, -0.05) is 24.3 Å². The first-order valence-electron chi connectivity index (χ1n) is 7.79. The average Bonchev–Trinajstić information content (AvgIpc) is 3.06. The summed E-state index contributed by atoms with van der Waals surface area (Å²) in [5.74, 6) is 1.08. The second-order valence-electron chi connectivity index (χ2n) is 6.35. The Labute approximate surface area is 130 Å². The van der Waals surface area contributed by atoms with E-state index in [1.807, 2.05) is 34.1 Å². The van der Waals surface area contributed by atoms with E-state index in [4.69, 9.17) is 0 Å². The Bertz CT molecular complexity index is 573. The molecule has 0 aliphatic carbocycles. The Morgan fingerprint density at radius 3 is 2.14 bits per heavy atom. The van der Waals surface area contributed by atoms with Gasteiger partial charge < -0.3 is 14.9 Å². The third-order valence-electron chi connectivity index (χ3n) is 4.91. The van der Waals surface area contributed by atoms with Crippen molar-refractivity contribution in [2.45, 2.75) is 20.0 Å². The number of likely N-dealkylation sites (tertiary alicyclic amines) is 2. The molecule has 2 amide bonds. The normalized spacial score (nSPS) is 23.7. The van der Waals surface area contributed by atoms with Gasteiger partial charge in [-0.05, 0) is 11.1 Å². The molecule has 2 aliphatic heterocycles. The van der Waals surface area contributed by atoms with Crippen molar-refractivity contribution in [3.63, 3.8) is 0 Å². The quantitative estimate of drug-likeness (QED) is 0.892. The number of benzene rings is 1. The van der Waals surface area contributed by atoms with E-state index in [2.05, 4.69) is 0 Å². The predicted octanol–water partition coefficient (Wildman–Crippen LogP) is 0.658. The number of aliphatic hydroxyl groups is 1. The summed E-state index contributed by atoms with van der Waals surface area (Å²) in [5.41, 5.74) is 1.72. The summed E-state index contributed by atoms with van der Waals surface area (Å²) in [4.78, 5) is 27.7. The van der Waals surface area contributed by atoms with E-state index in [1.165, 1.54) is 0 Å². The molecule has 2 aliphatic rings. The zero-order chi connectivity index (χ0) is 15.7. The van der Waals surface area contributed by atoms with Crippen LogP contribution in [-0.2, 0) is 22.6 Å². The van der Waals surface area contributed by atoms with Crippen molar-refractivity contribution >= 4 is 11.8 Å². The second-order valence-corrected chi connectivity index (χ2v) is 6.35. The largest absolute Gasteiger partial charge is 0.392 e. The molecule has 1 N–H and O–H groups in total. The molecule has 3 rings (SSSR count). The van der Waals surface area contributed by atoms with Crippen LogP contribution in [0, 0.1) is 11.8 Å². The number of fused-ring (bicyclic) bond motifs is 1. The first-order valence-corrected chi connectivity index (χ1v) is 7.79. The lowest BCUT2D eigenvalue weighted by Crippen LogP contribution is -2.35. The van der Waals surface area contributed by atoms with E-state index in [0.29, 0.717) is 18.3 Å². The van der Waals surface area contributed by atoms with Gasteiger partial charge in [-0.3, -0.25) is 9.59 Å². The van der Waals surface area contributed by atoms with Crippen LogP contribution >= 0.6 is 0 Å². The van der Waals surface area contributed by atoms with Crippen molar-refractivity contribution < 1.29 is 14.7 Å². The van der Waals surface area contributed by atoms with Crippen LogP contribution in [0.1, 0.15) is 18.1 Å². The second kappa shape index (κ2) is 6.08. The van der Waals surface area contributed by atoms with Crippen molar-refractivity contribution in [2.75, 3.05) is 26.2 Å². The van der Waals surface area contributed by atoms with Gasteiger partial charge in [0.2, 0.25) is 11.8 Å². The summed E-state index contributed by atoms with van der Waals surface area (Å²) in [7, 11) is 0. The molecular formula is C17H22N2O3. The first kappa shape index (κ1) is 15.0. The smallest absolute Gasteiger partial charge is 0.227 e. The monoisotopic (exact) mass is 302 g/mol. The lowest BCUT2D eigenvalue weighted by atomic mass is 10.0. The fourth-order valence-corrected chi connectivity index (χ4v) is 3.61. The standard InChI is InChI=1S/C17H22N2O3/c1-12(21)18-7-15-9-19(10-16(15)8-18)17(22)6-13-4-2-3-5-14(13)11-20/h2-5,15-16,20H,6-11H2,1H3/t15-,16+. The van der Waals surface area contributed by atoms with E-state index < -0.39 is 0 Å². The van der Waals surface area contributed by atoms with Gasteiger partial charge in [0.25, 0.3) is 0 Å². The highest BCUT2D eigenvalue weighted by Crippen LogP contribution is 2.31. The molecule has 5 heteroatoms. The lowest BCUT2D eigenvalue weighted by molar-refractivity contribution is -0.130. The number of hydrogen-bond donors (Lipinski definition) is 1. The van der Waals surface area contributed by atoms with Gasteiger partial charge in [0.05, 0.1) is 13.0 Å². The summed E-state index contributed by atoms with van der Waals surface area (Å²) in [5, 5.41) is 9.35. The average molecular weight is 302 g/mol. The van der Waals surface area contributed by atoms with E-state index in [9.17, 15) is 14.7 Å². The molecule has 1 aromatic rings. The van der Waals surface area contributed by atoms with Gasteiger partial charge in [-0.25, -0.2) is 0 Å². The highest BCUT2D eigenvalue weighted by atomic mass is 16.3. The zero-order valence-electron chi connectivity index (χ0n) is 12.9. The molecule has 22 heavy (non-hydrogen) atoms. The molecule has 5 nitrogen and oxygen atoms in total. The number of carbonyl (C=O) groups excluding carboxylic acids is 2. The fourth-order valence-electron chi connectivity index (χ4n) is 3.61. The van der Waals surface area contributed by atoms with E-state index in [0.717, 1.165) is 37.3 Å². The number of aliphatic hydroxyl groups excluding tert-OH is 1. The van der Waals surface area contributed by atoms with Crippen molar-refractivity contribution in [2.24, 2.45) is 11.8 Å². The lowest BCUT2D eigenvalue weighted by Gasteiger charge is -2.21. The van der Waals surface area contributed by atoms with Crippen LogP contribution < -0.4 is 0 Å². The molecule has 0 aromatic heterocycles. The molecule has 0 bridgehead atoms. The first-order chi connectivity index (χ1) is 10.6. The summed E-state index contributed by atoms with van der Waals surface area (Å²) in [6.45, 7) is 4.61. The van der Waals surface area contributed by atoms with E-state index >= 15 is 0 Å². The van der Waals surface area contributed by atoms with Gasteiger partial charge in [-0.15, -0.1) is 0 Å². The molecule has 2 saturated heterocycles. The molecule has 2 heterocycles. The zero-order valence-corrected chi connectivity index (χ0v) is 12.9. The van der Waals surface area contributed by atoms with Crippen molar-refractivity contribution in [1.82, 2.24) is 9.80 Å². The van der Waals surface area contributed by atoms with Crippen LogP contribution in [-0.4, -0.2) is 52.9 Å². The third-order valence-corrected chi connectivity index (χ3v) is 4.91. The maximum absolute atomic E-state index is 12.5. The number of hydrogen-bond acceptors (Lipinski definition) is 3. The summed E-state index contributed by atoms with van der Waals surface area (Å²) < 4.78 is 0. The molecule has 118 valence electrons. The molecule has 0 radical (unpaired) electrons. The highest BCUT2D eigenvalue weighted by Gasteiger charge is 2.42. The van der Waals surface area contributed by atoms with E-state index in [1.54, 1.807) is 6.92 Å². The Kier molecular flexibility index (Phi) is 4.16. The molecule has 0 spiro atoms. The summed E-state index contributed by atoms with van der Waals surface area (Å²) in [6.07, 6.45) is 0.340. The SMILES string of the molecule is CC(=O)N1C[C@@H]2CN(C(=O)Cc3ccccc3CO)C[C@@H]2C1. The van der Waals surface area contributed by atoms with Crippen LogP contribution in [0.2, 0.25) is 0 Å². The molecule has 2 atom stereocenters. The molecule has 0 unspecified atom stereocenters.